The van der Waals surface area contributed by atoms with Crippen LogP contribution in [0.1, 0.15) is 71.9 Å². The smallest absolute Gasteiger partial charge is 0.305 e. The number of rotatable bonds is 28. The number of carbonyl (C=O) groups is 12. The zero-order chi connectivity index (χ0) is 57.8. The number of aliphatic hydroxyl groups excluding tert-OH is 3. The summed E-state index contributed by atoms with van der Waals surface area (Å²) >= 11 is 0. The number of aliphatic hydroxyl groups is 3. The second-order valence-electron chi connectivity index (χ2n) is 18.5. The molecule has 12 atom stereocenters. The molecule has 422 valence electrons. The van der Waals surface area contributed by atoms with Crippen LogP contribution in [-0.2, 0) is 70.4 Å². The Labute approximate surface area is 442 Å². The summed E-state index contributed by atoms with van der Waals surface area (Å²) in [6.07, 6.45) is -4.22. The van der Waals surface area contributed by atoms with Crippen LogP contribution in [0.5, 0.6) is 5.75 Å². The zero-order valence-corrected chi connectivity index (χ0v) is 43.2. The molecule has 1 aliphatic rings. The lowest BCUT2D eigenvalue weighted by Gasteiger charge is -2.32. The van der Waals surface area contributed by atoms with Crippen molar-refractivity contribution in [2.45, 2.75) is 146 Å². The van der Waals surface area contributed by atoms with Crippen LogP contribution >= 0.6 is 0 Å². The minimum Gasteiger partial charge on any atom is -0.508 e. The van der Waals surface area contributed by atoms with E-state index in [2.05, 4.69) is 47.9 Å². The van der Waals surface area contributed by atoms with Crippen molar-refractivity contribution in [3.05, 3.63) is 65.7 Å². The van der Waals surface area contributed by atoms with Crippen molar-refractivity contribution in [3.63, 3.8) is 0 Å². The number of benzene rings is 2. The molecule has 0 radical (unpaired) electrons. The van der Waals surface area contributed by atoms with E-state index in [4.69, 9.17) is 5.73 Å². The number of phenolic OH excluding ortho intramolecular Hbond substituents is 1. The van der Waals surface area contributed by atoms with E-state index >= 15 is 0 Å². The highest BCUT2D eigenvalue weighted by Gasteiger charge is 2.42. The van der Waals surface area contributed by atoms with Gasteiger partial charge in [0.25, 0.3) is 0 Å². The SMILES string of the molecule is CC(=O)NC(CO)C(=O)NC(CC(=O)O)C(=O)NC(C(=O)NC(C(=O)N1CCCC1C(=O)NC(C)C(=O)NC(C)C(=O)NC(Cc1ccccc1)C(=O)NC(C)C(=O)NC(Cc1ccc(O)cc1)C(N)=O)C(C)O)C(C)O. The lowest BCUT2D eigenvalue weighted by atomic mass is 10.0. The third-order valence-corrected chi connectivity index (χ3v) is 12.0. The number of nitrogens with one attached hydrogen (secondary N) is 9. The Morgan fingerprint density at radius 1 is 0.571 bits per heavy atom. The Hall–Kier alpha value is -8.24. The lowest BCUT2D eigenvalue weighted by Crippen LogP contribution is -2.63. The third-order valence-electron chi connectivity index (χ3n) is 12.0. The first kappa shape index (κ1) is 63.1. The number of aliphatic carboxylic acids is 1. The van der Waals surface area contributed by atoms with Crippen molar-refractivity contribution in [1.82, 2.24) is 52.8 Å². The zero-order valence-electron chi connectivity index (χ0n) is 43.2. The van der Waals surface area contributed by atoms with Gasteiger partial charge in [-0.3, -0.25) is 57.5 Å². The fourth-order valence-corrected chi connectivity index (χ4v) is 7.77. The van der Waals surface area contributed by atoms with Crippen molar-refractivity contribution in [1.29, 1.82) is 0 Å². The molecule has 3 rings (SSSR count). The summed E-state index contributed by atoms with van der Waals surface area (Å²) in [7, 11) is 0. The molecule has 77 heavy (non-hydrogen) atoms. The van der Waals surface area contributed by atoms with Gasteiger partial charge in [0.1, 0.15) is 66.2 Å². The van der Waals surface area contributed by atoms with Gasteiger partial charge in [0.15, 0.2) is 0 Å². The first-order valence-corrected chi connectivity index (χ1v) is 24.4. The van der Waals surface area contributed by atoms with Crippen LogP contribution in [0.3, 0.4) is 0 Å². The van der Waals surface area contributed by atoms with Gasteiger partial charge >= 0.3 is 5.97 Å². The van der Waals surface area contributed by atoms with Gasteiger partial charge in [0, 0.05) is 26.3 Å². The van der Waals surface area contributed by atoms with E-state index in [1.807, 2.05) is 0 Å². The van der Waals surface area contributed by atoms with Crippen molar-refractivity contribution < 1.29 is 83.1 Å². The van der Waals surface area contributed by atoms with Crippen LogP contribution in [0.15, 0.2) is 54.6 Å². The number of carboxylic acid groups (broad SMARTS) is 1. The fraction of sp³-hybridized carbons (Fsp3) is 0.510. The Morgan fingerprint density at radius 2 is 1.04 bits per heavy atom. The van der Waals surface area contributed by atoms with Gasteiger partial charge in [0.2, 0.25) is 65.0 Å². The van der Waals surface area contributed by atoms with Gasteiger partial charge in [-0.15, -0.1) is 0 Å². The number of likely N-dealkylation sites (tertiary alicyclic amines) is 1. The van der Waals surface area contributed by atoms with Crippen LogP contribution in [0.2, 0.25) is 0 Å². The maximum Gasteiger partial charge on any atom is 0.305 e. The van der Waals surface area contributed by atoms with Gasteiger partial charge in [-0.25, -0.2) is 0 Å². The molecule has 0 saturated carbocycles. The van der Waals surface area contributed by atoms with Gasteiger partial charge in [-0.1, -0.05) is 42.5 Å². The summed E-state index contributed by atoms with van der Waals surface area (Å²) in [6.45, 7) is 6.15. The predicted molar refractivity (Wildman–Crippen MR) is 269 cm³/mol. The van der Waals surface area contributed by atoms with E-state index in [1.165, 1.54) is 45.0 Å². The number of amides is 11. The average molecular weight is 1080 g/mol. The first-order valence-electron chi connectivity index (χ1n) is 24.4. The highest BCUT2D eigenvalue weighted by atomic mass is 16.4. The van der Waals surface area contributed by atoms with E-state index in [0.29, 0.717) is 11.1 Å². The molecule has 0 aromatic heterocycles. The summed E-state index contributed by atoms with van der Waals surface area (Å²) < 4.78 is 0. The van der Waals surface area contributed by atoms with E-state index < -0.39 is 157 Å². The van der Waals surface area contributed by atoms with Crippen molar-refractivity contribution in [3.8, 4) is 5.75 Å². The number of hydrogen-bond donors (Lipinski definition) is 15. The largest absolute Gasteiger partial charge is 0.508 e. The van der Waals surface area contributed by atoms with Gasteiger partial charge in [0.05, 0.1) is 25.2 Å². The lowest BCUT2D eigenvalue weighted by molar-refractivity contribution is -0.145. The molecule has 0 spiro atoms. The van der Waals surface area contributed by atoms with Gasteiger partial charge < -0.3 is 84.0 Å². The molecule has 1 heterocycles. The number of aromatic hydroxyl groups is 1. The molecule has 11 amide bonds. The van der Waals surface area contributed by atoms with Crippen LogP contribution in [0, 0.1) is 0 Å². The normalized spacial score (nSPS) is 17.3. The van der Waals surface area contributed by atoms with Crippen LogP contribution in [0.25, 0.3) is 0 Å². The molecule has 0 aliphatic carbocycles. The second-order valence-corrected chi connectivity index (χ2v) is 18.5. The van der Waals surface area contributed by atoms with E-state index in [9.17, 15) is 83.1 Å². The van der Waals surface area contributed by atoms with Gasteiger partial charge in [-0.2, -0.15) is 0 Å². The highest BCUT2D eigenvalue weighted by molar-refractivity contribution is 5.99. The molecule has 28 nitrogen and oxygen atoms in total. The van der Waals surface area contributed by atoms with Gasteiger partial charge in [-0.05, 0) is 70.7 Å². The number of carbonyl (C=O) groups excluding carboxylic acids is 11. The molecule has 1 fully saturated rings. The minimum absolute atomic E-state index is 0.0112. The standard InChI is InChI=1S/C49H69N11O17/c1-23(41(69)51-24(2)43(71)56-33(20-29-11-8-7-9-12-29)44(72)52-25(3)42(70)55-32(40(50)68)19-30-14-16-31(65)17-15-30)53-47(75)36-13-10-18-60(36)49(77)39(27(5)63)59-48(76)38(26(4)62)58-45(73)34(21-37(66)67)57-46(74)35(22-61)54-28(6)64/h7-9,11-12,14-17,23-27,32-36,38-39,61-63,65H,10,13,18-22H2,1-6H3,(H2,50,68)(H,51,69)(H,52,72)(H,53,75)(H,54,64)(H,55,70)(H,56,71)(H,57,74)(H,58,73)(H,59,76)(H,66,67). The quantitative estimate of drug-likeness (QED) is 0.0378. The van der Waals surface area contributed by atoms with Crippen LogP contribution in [0.4, 0.5) is 0 Å². The molecule has 2 aromatic rings. The maximum absolute atomic E-state index is 14.0. The molecule has 2 aromatic carbocycles. The summed E-state index contributed by atoms with van der Waals surface area (Å²) in [6, 6.07) is -0.503. The first-order chi connectivity index (χ1) is 36.1. The molecule has 28 heteroatoms. The number of nitrogens with two attached hydrogens (primary N) is 1. The van der Waals surface area contributed by atoms with Crippen molar-refractivity contribution in [2.75, 3.05) is 13.2 Å². The molecule has 16 N–H and O–H groups in total. The van der Waals surface area contributed by atoms with Crippen LogP contribution in [-0.4, -0.2) is 187 Å². The van der Waals surface area contributed by atoms with E-state index in [1.54, 1.807) is 30.3 Å². The Morgan fingerprint density at radius 3 is 1.57 bits per heavy atom. The van der Waals surface area contributed by atoms with Crippen molar-refractivity contribution in [2.24, 2.45) is 5.73 Å². The minimum atomic E-state index is -1.93. The Kier molecular flexibility index (Phi) is 24.4. The molecule has 1 saturated heterocycles. The van der Waals surface area contributed by atoms with Crippen LogP contribution < -0.4 is 53.6 Å². The molecule has 0 bridgehead atoms. The summed E-state index contributed by atoms with van der Waals surface area (Å²) in [5.41, 5.74) is 6.72. The molecule has 1 aliphatic heterocycles. The molecular formula is C49H69N11O17. The summed E-state index contributed by atoms with van der Waals surface area (Å²) in [5, 5.41) is 70.7. The number of nitrogens with zero attached hydrogens (tertiary/aromatic N) is 1. The Balaban J connectivity index is 1.66. The summed E-state index contributed by atoms with van der Waals surface area (Å²) in [4.78, 5) is 157. The fourth-order valence-electron chi connectivity index (χ4n) is 7.77. The number of phenols is 1. The number of carboxylic acids is 1. The number of primary amides is 1. The number of hydrogen-bond acceptors (Lipinski definition) is 16. The third kappa shape index (κ3) is 19.8. The van der Waals surface area contributed by atoms with Crippen molar-refractivity contribution >= 4 is 70.9 Å². The molecule has 12 unspecified atom stereocenters. The maximum atomic E-state index is 14.0. The Bertz CT molecular complexity index is 2460. The predicted octanol–water partition coefficient (Wildman–Crippen LogP) is -5.67. The van der Waals surface area contributed by atoms with E-state index in [0.717, 1.165) is 25.7 Å². The monoisotopic (exact) mass is 1080 g/mol. The topological polar surface area (TPSA) is 444 Å². The average Bonchev–Trinajstić information content (AvgIpc) is 3.86. The second kappa shape index (κ2) is 29.7. The summed E-state index contributed by atoms with van der Waals surface area (Å²) in [5.74, 6) is -12.0. The molecular weight excluding hydrogens is 1010 g/mol. The van der Waals surface area contributed by atoms with E-state index in [-0.39, 0.29) is 38.0 Å². The highest BCUT2D eigenvalue weighted by Crippen LogP contribution is 2.20.